The van der Waals surface area contributed by atoms with Gasteiger partial charge in [0.15, 0.2) is 0 Å². The highest BCUT2D eigenvalue weighted by Gasteiger charge is 2.34. The van der Waals surface area contributed by atoms with Crippen LogP contribution < -0.4 is 0 Å². The lowest BCUT2D eigenvalue weighted by Gasteiger charge is -2.39. The molecular formula is C17H21BrN2. The molecule has 0 spiro atoms. The molecule has 0 bridgehead atoms. The van der Waals surface area contributed by atoms with E-state index in [1.165, 1.54) is 54.1 Å². The second-order valence-electron chi connectivity index (χ2n) is 6.12. The van der Waals surface area contributed by atoms with E-state index in [-0.39, 0.29) is 0 Å². The molecule has 1 aliphatic heterocycles. The van der Waals surface area contributed by atoms with Gasteiger partial charge < -0.3 is 4.57 Å². The summed E-state index contributed by atoms with van der Waals surface area (Å²) >= 11 is 3.64. The van der Waals surface area contributed by atoms with Crippen LogP contribution in [0, 0.1) is 0 Å². The number of aromatic nitrogens is 1. The summed E-state index contributed by atoms with van der Waals surface area (Å²) in [6.45, 7) is 5.91. The maximum atomic E-state index is 3.64. The van der Waals surface area contributed by atoms with E-state index in [9.17, 15) is 0 Å². The zero-order valence-corrected chi connectivity index (χ0v) is 13.6. The van der Waals surface area contributed by atoms with Crippen LogP contribution in [0.3, 0.4) is 0 Å². The van der Waals surface area contributed by atoms with E-state index in [0.717, 1.165) is 6.54 Å². The zero-order valence-electron chi connectivity index (χ0n) is 12.0. The fraction of sp³-hybridized carbons (Fsp3) is 0.529. The monoisotopic (exact) mass is 332 g/mol. The molecule has 0 fully saturated rings. The Labute approximate surface area is 128 Å². The lowest BCUT2D eigenvalue weighted by molar-refractivity contribution is 0.141. The molecule has 0 saturated heterocycles. The Morgan fingerprint density at radius 3 is 3.05 bits per heavy atom. The topological polar surface area (TPSA) is 8.17 Å². The first-order valence-electron chi connectivity index (χ1n) is 7.84. The number of hydrogen-bond acceptors (Lipinski definition) is 1. The Morgan fingerprint density at radius 2 is 2.20 bits per heavy atom. The van der Waals surface area contributed by atoms with Gasteiger partial charge in [-0.15, -0.1) is 0 Å². The lowest BCUT2D eigenvalue weighted by Crippen LogP contribution is -2.40. The molecule has 0 radical (unpaired) electrons. The minimum Gasteiger partial charge on any atom is -0.342 e. The fourth-order valence-electron chi connectivity index (χ4n) is 4.20. The van der Waals surface area contributed by atoms with Crippen molar-refractivity contribution in [3.8, 4) is 0 Å². The van der Waals surface area contributed by atoms with Gasteiger partial charge in [-0.05, 0) is 56.0 Å². The Hall–Kier alpha value is -0.800. The summed E-state index contributed by atoms with van der Waals surface area (Å²) in [5, 5.41) is 1.48. The van der Waals surface area contributed by atoms with Gasteiger partial charge in [-0.3, -0.25) is 4.90 Å². The highest BCUT2D eigenvalue weighted by molar-refractivity contribution is 9.10. The van der Waals surface area contributed by atoms with E-state index in [2.05, 4.69) is 50.5 Å². The van der Waals surface area contributed by atoms with Gasteiger partial charge in [-0.25, -0.2) is 0 Å². The molecule has 0 saturated carbocycles. The molecule has 1 aromatic carbocycles. The van der Waals surface area contributed by atoms with Crippen LogP contribution in [0.25, 0.3) is 10.9 Å². The molecule has 4 rings (SSSR count). The fourth-order valence-corrected chi connectivity index (χ4v) is 4.57. The number of fused-ring (bicyclic) bond motifs is 3. The van der Waals surface area contributed by atoms with Crippen LogP contribution >= 0.6 is 15.9 Å². The Bertz CT molecular complexity index is 659. The molecule has 2 aromatic rings. The van der Waals surface area contributed by atoms with Crippen LogP contribution in [0.4, 0.5) is 0 Å². The highest BCUT2D eigenvalue weighted by atomic mass is 79.9. The van der Waals surface area contributed by atoms with E-state index in [1.54, 1.807) is 11.3 Å². The molecule has 0 amide bonds. The normalized spacial score (nSPS) is 22.2. The van der Waals surface area contributed by atoms with Crippen molar-refractivity contribution in [3.05, 3.63) is 33.9 Å². The third kappa shape index (κ3) is 1.79. The Morgan fingerprint density at radius 1 is 1.30 bits per heavy atom. The summed E-state index contributed by atoms with van der Waals surface area (Å²) < 4.78 is 3.81. The maximum Gasteiger partial charge on any atom is 0.0504 e. The number of halogens is 1. The summed E-state index contributed by atoms with van der Waals surface area (Å²) in [6, 6.07) is 7.47. The van der Waals surface area contributed by atoms with Crippen LogP contribution in [-0.4, -0.2) is 22.6 Å². The summed E-state index contributed by atoms with van der Waals surface area (Å²) in [5.74, 6) is 0. The van der Waals surface area contributed by atoms with Crippen molar-refractivity contribution in [2.75, 3.05) is 13.1 Å². The number of nitrogens with zero attached hydrogens (tertiary/aromatic N) is 2. The zero-order chi connectivity index (χ0) is 13.7. The summed E-state index contributed by atoms with van der Waals surface area (Å²) in [5.41, 5.74) is 4.70. The number of aryl methyl sites for hydroxylation is 1. The van der Waals surface area contributed by atoms with Crippen LogP contribution in [0.5, 0.6) is 0 Å². The third-order valence-corrected chi connectivity index (χ3v) is 5.45. The SMILES string of the molecule is CCCN1CCn2c3c(c4cc(Br)ccc42)CCCC31. The van der Waals surface area contributed by atoms with Gasteiger partial charge >= 0.3 is 0 Å². The number of hydrogen-bond donors (Lipinski definition) is 0. The van der Waals surface area contributed by atoms with Crippen molar-refractivity contribution >= 4 is 26.8 Å². The van der Waals surface area contributed by atoms with Crippen molar-refractivity contribution in [1.29, 1.82) is 0 Å². The van der Waals surface area contributed by atoms with Crippen molar-refractivity contribution in [1.82, 2.24) is 9.47 Å². The van der Waals surface area contributed by atoms with E-state index in [1.807, 2.05) is 0 Å². The van der Waals surface area contributed by atoms with Gasteiger partial charge in [0.25, 0.3) is 0 Å². The second kappa shape index (κ2) is 4.88. The average Bonchev–Trinajstić information content (AvgIpc) is 2.78. The molecule has 2 nitrogen and oxygen atoms in total. The summed E-state index contributed by atoms with van der Waals surface area (Å²) in [6.07, 6.45) is 5.19. The number of rotatable bonds is 2. The Kier molecular flexibility index (Phi) is 3.15. The van der Waals surface area contributed by atoms with Crippen molar-refractivity contribution < 1.29 is 0 Å². The van der Waals surface area contributed by atoms with Crippen LogP contribution in [0.15, 0.2) is 22.7 Å². The molecule has 1 unspecified atom stereocenters. The summed E-state index contributed by atoms with van der Waals surface area (Å²) in [7, 11) is 0. The van der Waals surface area contributed by atoms with Crippen molar-refractivity contribution in [2.24, 2.45) is 0 Å². The molecule has 2 aliphatic rings. The average molecular weight is 333 g/mol. The van der Waals surface area contributed by atoms with Crippen molar-refractivity contribution in [3.63, 3.8) is 0 Å². The first-order valence-corrected chi connectivity index (χ1v) is 8.63. The quantitative estimate of drug-likeness (QED) is 0.785. The van der Waals surface area contributed by atoms with Gasteiger partial charge in [0, 0.05) is 34.2 Å². The molecule has 106 valence electrons. The largest absolute Gasteiger partial charge is 0.342 e. The minimum atomic E-state index is 0.665. The molecule has 0 N–H and O–H groups in total. The highest BCUT2D eigenvalue weighted by Crippen LogP contribution is 2.42. The van der Waals surface area contributed by atoms with Crippen LogP contribution in [0.1, 0.15) is 43.5 Å². The smallest absolute Gasteiger partial charge is 0.0504 e. The lowest BCUT2D eigenvalue weighted by atomic mass is 9.89. The minimum absolute atomic E-state index is 0.665. The van der Waals surface area contributed by atoms with Gasteiger partial charge in [-0.2, -0.15) is 0 Å². The third-order valence-electron chi connectivity index (χ3n) is 4.96. The Balaban J connectivity index is 1.93. The molecule has 1 atom stereocenters. The van der Waals surface area contributed by atoms with Gasteiger partial charge in [-0.1, -0.05) is 22.9 Å². The molecular weight excluding hydrogens is 312 g/mol. The van der Waals surface area contributed by atoms with Gasteiger partial charge in [0.05, 0.1) is 6.04 Å². The molecule has 20 heavy (non-hydrogen) atoms. The molecule has 1 aliphatic carbocycles. The van der Waals surface area contributed by atoms with Crippen LogP contribution in [-0.2, 0) is 13.0 Å². The first-order chi connectivity index (χ1) is 9.79. The molecule has 1 aromatic heterocycles. The van der Waals surface area contributed by atoms with E-state index in [0.29, 0.717) is 6.04 Å². The van der Waals surface area contributed by atoms with Crippen molar-refractivity contribution in [2.45, 2.75) is 45.2 Å². The van der Waals surface area contributed by atoms with E-state index in [4.69, 9.17) is 0 Å². The standard InChI is InChI=1S/C17H21BrN2/c1-2-8-19-9-10-20-15-7-6-12(18)11-14(15)13-4-3-5-16(19)17(13)20/h6-7,11,16H,2-5,8-10H2,1H3. The second-order valence-corrected chi connectivity index (χ2v) is 7.04. The summed E-state index contributed by atoms with van der Waals surface area (Å²) in [4.78, 5) is 2.71. The predicted molar refractivity (Wildman–Crippen MR) is 87.2 cm³/mol. The maximum absolute atomic E-state index is 3.64. The van der Waals surface area contributed by atoms with Gasteiger partial charge in [0.1, 0.15) is 0 Å². The van der Waals surface area contributed by atoms with Gasteiger partial charge in [0.2, 0.25) is 0 Å². The molecule has 3 heteroatoms. The predicted octanol–water partition coefficient (Wildman–Crippen LogP) is 4.51. The number of benzene rings is 1. The first kappa shape index (κ1) is 12.9. The van der Waals surface area contributed by atoms with E-state index < -0.39 is 0 Å². The van der Waals surface area contributed by atoms with Crippen LogP contribution in [0.2, 0.25) is 0 Å². The molecule has 2 heterocycles. The van der Waals surface area contributed by atoms with E-state index >= 15 is 0 Å².